The van der Waals surface area contributed by atoms with Gasteiger partial charge >= 0.3 is 7.12 Å². The fraction of sp³-hybridized carbons (Fsp3) is 0.333. The van der Waals surface area contributed by atoms with Gasteiger partial charge in [-0.3, -0.25) is 0 Å². The summed E-state index contributed by atoms with van der Waals surface area (Å²) in [4.78, 5) is 0. The van der Waals surface area contributed by atoms with Crippen molar-refractivity contribution in [3.63, 3.8) is 0 Å². The van der Waals surface area contributed by atoms with Crippen molar-refractivity contribution in [2.45, 2.75) is 52.7 Å². The van der Waals surface area contributed by atoms with Gasteiger partial charge in [-0.2, -0.15) is 0 Å². The van der Waals surface area contributed by atoms with Crippen LogP contribution in [0.25, 0.3) is 22.7 Å². The van der Waals surface area contributed by atoms with Gasteiger partial charge < -0.3 is 13.9 Å². The highest BCUT2D eigenvalue weighted by atomic mass is 16.7. The average Bonchev–Trinajstić information content (AvgIpc) is 3.05. The summed E-state index contributed by atoms with van der Waals surface area (Å²) in [5.74, 6) is 0. The van der Waals surface area contributed by atoms with Crippen LogP contribution in [0.1, 0.15) is 45.9 Å². The number of rotatable bonds is 3. The maximum absolute atomic E-state index is 6.26. The highest BCUT2D eigenvalue weighted by Crippen LogP contribution is 2.37. The Balaban J connectivity index is 1.83. The van der Waals surface area contributed by atoms with Gasteiger partial charge in [0, 0.05) is 22.3 Å². The molecule has 0 N–H and O–H groups in total. The molecule has 0 atom stereocenters. The third-order valence-corrected chi connectivity index (χ3v) is 6.15. The van der Waals surface area contributed by atoms with Gasteiger partial charge in [0.25, 0.3) is 0 Å². The van der Waals surface area contributed by atoms with E-state index in [1.54, 1.807) is 0 Å². The lowest BCUT2D eigenvalue weighted by molar-refractivity contribution is 0.00578. The standard InChI is InChI=1S/C24H28BNO2/c1-7-11-20-17(2)26(22-15-9-8-14-21(20)22)19-13-10-12-18(16-19)25-27-23(3,4)24(5,6)28-25/h7-16H,1-6H3/b11-7-. The Morgan fingerprint density at radius 1 is 0.929 bits per heavy atom. The molecular weight excluding hydrogens is 345 g/mol. The van der Waals surface area contributed by atoms with Gasteiger partial charge in [-0.05, 0) is 65.2 Å². The molecule has 0 aliphatic carbocycles. The summed E-state index contributed by atoms with van der Waals surface area (Å²) in [6, 6.07) is 17.0. The Morgan fingerprint density at radius 3 is 2.29 bits per heavy atom. The molecular formula is C24H28BNO2. The third kappa shape index (κ3) is 2.92. The van der Waals surface area contributed by atoms with Crippen LogP contribution in [0, 0.1) is 6.92 Å². The number of allylic oxidation sites excluding steroid dienone is 1. The molecule has 4 heteroatoms. The summed E-state index contributed by atoms with van der Waals surface area (Å²) in [7, 11) is -0.359. The van der Waals surface area contributed by atoms with E-state index in [2.05, 4.69) is 107 Å². The first-order valence-corrected chi connectivity index (χ1v) is 9.94. The fourth-order valence-corrected chi connectivity index (χ4v) is 3.89. The smallest absolute Gasteiger partial charge is 0.399 e. The van der Waals surface area contributed by atoms with Crippen molar-refractivity contribution in [3.05, 3.63) is 65.9 Å². The minimum absolute atomic E-state index is 0.344. The van der Waals surface area contributed by atoms with Crippen LogP contribution in [0.5, 0.6) is 0 Å². The Kier molecular flexibility index (Phi) is 4.52. The molecule has 0 amide bonds. The summed E-state index contributed by atoms with van der Waals surface area (Å²) in [5, 5.41) is 1.26. The molecule has 1 saturated heterocycles. The molecule has 0 unspecified atom stereocenters. The van der Waals surface area contributed by atoms with Crippen molar-refractivity contribution in [1.82, 2.24) is 4.57 Å². The second-order valence-electron chi connectivity index (χ2n) is 8.53. The molecule has 0 bridgehead atoms. The van der Waals surface area contributed by atoms with Gasteiger partial charge in [0.15, 0.2) is 0 Å². The van der Waals surface area contributed by atoms with Gasteiger partial charge in [0.2, 0.25) is 0 Å². The molecule has 2 heterocycles. The van der Waals surface area contributed by atoms with Crippen molar-refractivity contribution in [1.29, 1.82) is 0 Å². The van der Waals surface area contributed by atoms with Crippen molar-refractivity contribution < 1.29 is 9.31 Å². The van der Waals surface area contributed by atoms with Crippen molar-refractivity contribution >= 4 is 29.6 Å². The van der Waals surface area contributed by atoms with E-state index in [1.807, 2.05) is 0 Å². The van der Waals surface area contributed by atoms with Crippen LogP contribution in [0.3, 0.4) is 0 Å². The molecule has 0 spiro atoms. The molecule has 4 rings (SSSR count). The second kappa shape index (κ2) is 6.65. The summed E-state index contributed by atoms with van der Waals surface area (Å²) < 4.78 is 14.8. The number of para-hydroxylation sites is 1. The lowest BCUT2D eigenvalue weighted by atomic mass is 9.79. The van der Waals surface area contributed by atoms with E-state index >= 15 is 0 Å². The van der Waals surface area contributed by atoms with Crippen LogP contribution < -0.4 is 5.46 Å². The van der Waals surface area contributed by atoms with Gasteiger partial charge in [0.05, 0.1) is 16.7 Å². The lowest BCUT2D eigenvalue weighted by Crippen LogP contribution is -2.41. The third-order valence-electron chi connectivity index (χ3n) is 6.15. The van der Waals surface area contributed by atoms with Gasteiger partial charge in [-0.15, -0.1) is 0 Å². The maximum Gasteiger partial charge on any atom is 0.494 e. The van der Waals surface area contributed by atoms with Gasteiger partial charge in [-0.25, -0.2) is 0 Å². The summed E-state index contributed by atoms with van der Waals surface area (Å²) >= 11 is 0. The number of hydrogen-bond donors (Lipinski definition) is 0. The molecule has 144 valence electrons. The highest BCUT2D eigenvalue weighted by molar-refractivity contribution is 6.62. The molecule has 1 aliphatic rings. The molecule has 28 heavy (non-hydrogen) atoms. The first kappa shape index (κ1) is 19.0. The molecule has 0 saturated carbocycles. The number of benzene rings is 2. The molecule has 1 aromatic heterocycles. The molecule has 1 aliphatic heterocycles. The Labute approximate surface area is 168 Å². The Hall–Kier alpha value is -2.30. The van der Waals surface area contributed by atoms with Gasteiger partial charge in [0.1, 0.15) is 0 Å². The predicted octanol–water partition coefficient (Wildman–Crippen LogP) is 5.27. The van der Waals surface area contributed by atoms with Crippen LogP contribution in [0.2, 0.25) is 0 Å². The van der Waals surface area contributed by atoms with Crippen LogP contribution in [0.15, 0.2) is 54.6 Å². The largest absolute Gasteiger partial charge is 0.494 e. The van der Waals surface area contributed by atoms with Crippen LogP contribution in [0.4, 0.5) is 0 Å². The molecule has 1 fully saturated rings. The minimum Gasteiger partial charge on any atom is -0.399 e. The van der Waals surface area contributed by atoms with Crippen molar-refractivity contribution in [2.24, 2.45) is 0 Å². The monoisotopic (exact) mass is 373 g/mol. The van der Waals surface area contributed by atoms with E-state index in [0.717, 1.165) is 11.2 Å². The lowest BCUT2D eigenvalue weighted by Gasteiger charge is -2.32. The summed E-state index contributed by atoms with van der Waals surface area (Å²) in [5.41, 5.74) is 5.17. The number of nitrogens with zero attached hydrogens (tertiary/aromatic N) is 1. The maximum atomic E-state index is 6.26. The van der Waals surface area contributed by atoms with Crippen LogP contribution in [-0.2, 0) is 9.31 Å². The zero-order valence-electron chi connectivity index (χ0n) is 17.6. The van der Waals surface area contributed by atoms with E-state index in [9.17, 15) is 0 Å². The van der Waals surface area contributed by atoms with Crippen molar-refractivity contribution in [2.75, 3.05) is 0 Å². The van der Waals surface area contributed by atoms with E-state index in [1.165, 1.54) is 22.2 Å². The Bertz CT molecular complexity index is 1050. The molecule has 0 radical (unpaired) electrons. The average molecular weight is 373 g/mol. The Morgan fingerprint density at radius 2 is 1.61 bits per heavy atom. The molecule has 2 aromatic carbocycles. The van der Waals surface area contributed by atoms with Crippen molar-refractivity contribution in [3.8, 4) is 5.69 Å². The topological polar surface area (TPSA) is 23.4 Å². The van der Waals surface area contributed by atoms with Crippen LogP contribution in [-0.4, -0.2) is 22.9 Å². The molecule has 3 nitrogen and oxygen atoms in total. The van der Waals surface area contributed by atoms with E-state index < -0.39 is 0 Å². The summed E-state index contributed by atoms with van der Waals surface area (Å²) in [6.07, 6.45) is 4.28. The van der Waals surface area contributed by atoms with E-state index in [4.69, 9.17) is 9.31 Å². The zero-order chi connectivity index (χ0) is 20.1. The number of fused-ring (bicyclic) bond motifs is 1. The van der Waals surface area contributed by atoms with Gasteiger partial charge in [-0.1, -0.05) is 42.5 Å². The zero-order valence-corrected chi connectivity index (χ0v) is 17.6. The normalized spacial score (nSPS) is 18.4. The summed E-state index contributed by atoms with van der Waals surface area (Å²) in [6.45, 7) is 12.6. The SMILES string of the molecule is C/C=C\c1c(C)n(-c2cccc(B3OC(C)(C)C(C)(C)O3)c2)c2ccccc12. The molecule has 3 aromatic rings. The van der Waals surface area contributed by atoms with E-state index in [0.29, 0.717) is 0 Å². The number of hydrogen-bond acceptors (Lipinski definition) is 2. The minimum atomic E-state index is -0.359. The predicted molar refractivity (Wildman–Crippen MR) is 118 cm³/mol. The number of aromatic nitrogens is 1. The van der Waals surface area contributed by atoms with Crippen LogP contribution >= 0.6 is 0 Å². The quantitative estimate of drug-likeness (QED) is 0.584. The van der Waals surface area contributed by atoms with E-state index in [-0.39, 0.29) is 18.3 Å². The first-order valence-electron chi connectivity index (χ1n) is 9.94. The highest BCUT2D eigenvalue weighted by Gasteiger charge is 2.51. The first-order chi connectivity index (χ1) is 13.2. The second-order valence-corrected chi connectivity index (χ2v) is 8.53. The fourth-order valence-electron chi connectivity index (χ4n) is 3.89.